The predicted octanol–water partition coefficient (Wildman–Crippen LogP) is 9.55. The maximum atomic E-state index is 12.3. The van der Waals surface area contributed by atoms with Gasteiger partial charge in [0.1, 0.15) is 6.10 Å². The van der Waals surface area contributed by atoms with Crippen LogP contribution in [0, 0.1) is 0 Å². The van der Waals surface area contributed by atoms with E-state index in [0.29, 0.717) is 6.42 Å². The minimum Gasteiger partial charge on any atom is -0.458 e. The standard InChI is InChI=1S/C32H40O2/c1-3-4-5-6-7-8-9-10-14-21-32(33)34-26(2)27-22-24-29(25-23-27)31-20-16-15-19-30(31)28-17-12-11-13-18-28/h11-13,15-20,22-26H,3-10,14,21H2,1-2H3. The zero-order valence-corrected chi connectivity index (χ0v) is 21.0. The molecule has 0 fully saturated rings. The van der Waals surface area contributed by atoms with Gasteiger partial charge in [0.25, 0.3) is 0 Å². The number of benzene rings is 3. The van der Waals surface area contributed by atoms with Crippen molar-refractivity contribution in [3.63, 3.8) is 0 Å². The lowest BCUT2D eigenvalue weighted by Crippen LogP contribution is -2.08. The lowest BCUT2D eigenvalue weighted by atomic mass is 9.94. The smallest absolute Gasteiger partial charge is 0.306 e. The number of carbonyl (C=O) groups excluding carboxylic acids is 1. The Kier molecular flexibility index (Phi) is 10.9. The van der Waals surface area contributed by atoms with Gasteiger partial charge < -0.3 is 4.74 Å². The molecule has 0 aliphatic rings. The monoisotopic (exact) mass is 456 g/mol. The van der Waals surface area contributed by atoms with Crippen LogP contribution in [0.4, 0.5) is 0 Å². The lowest BCUT2D eigenvalue weighted by molar-refractivity contribution is -0.148. The molecule has 0 aliphatic carbocycles. The Hall–Kier alpha value is -2.87. The van der Waals surface area contributed by atoms with E-state index in [2.05, 4.69) is 79.7 Å². The van der Waals surface area contributed by atoms with E-state index in [9.17, 15) is 4.79 Å². The molecule has 3 aromatic carbocycles. The van der Waals surface area contributed by atoms with E-state index in [1.54, 1.807) is 0 Å². The number of unbranched alkanes of at least 4 members (excludes halogenated alkanes) is 8. The number of ether oxygens (including phenoxy) is 1. The van der Waals surface area contributed by atoms with Gasteiger partial charge in [0.15, 0.2) is 0 Å². The van der Waals surface area contributed by atoms with E-state index >= 15 is 0 Å². The number of carbonyl (C=O) groups is 1. The second-order valence-corrected chi connectivity index (χ2v) is 9.24. The first-order valence-electron chi connectivity index (χ1n) is 13.1. The summed E-state index contributed by atoms with van der Waals surface area (Å²) in [6.07, 6.45) is 11.5. The Morgan fingerprint density at radius 2 is 1.15 bits per heavy atom. The molecule has 0 saturated heterocycles. The Labute approximate surface area is 206 Å². The Morgan fingerprint density at radius 3 is 1.74 bits per heavy atom. The van der Waals surface area contributed by atoms with Gasteiger partial charge in [-0.05, 0) is 41.2 Å². The van der Waals surface area contributed by atoms with Crippen molar-refractivity contribution in [2.75, 3.05) is 0 Å². The van der Waals surface area contributed by atoms with Crippen LogP contribution in [0.3, 0.4) is 0 Å². The zero-order valence-electron chi connectivity index (χ0n) is 21.0. The first-order chi connectivity index (χ1) is 16.7. The maximum Gasteiger partial charge on any atom is 0.306 e. The van der Waals surface area contributed by atoms with Crippen LogP contribution >= 0.6 is 0 Å². The van der Waals surface area contributed by atoms with E-state index in [-0.39, 0.29) is 12.1 Å². The molecule has 1 unspecified atom stereocenters. The number of hydrogen-bond acceptors (Lipinski definition) is 2. The second-order valence-electron chi connectivity index (χ2n) is 9.24. The highest BCUT2D eigenvalue weighted by molar-refractivity contribution is 5.83. The molecule has 180 valence electrons. The largest absolute Gasteiger partial charge is 0.458 e. The molecule has 3 rings (SSSR count). The Morgan fingerprint density at radius 1 is 0.647 bits per heavy atom. The SMILES string of the molecule is CCCCCCCCCCCC(=O)OC(C)c1ccc(-c2ccccc2-c2ccccc2)cc1. The number of rotatable bonds is 14. The molecule has 2 nitrogen and oxygen atoms in total. The second kappa shape index (κ2) is 14.4. The van der Waals surface area contributed by atoms with Gasteiger partial charge in [-0.1, -0.05) is 137 Å². The molecular weight excluding hydrogens is 416 g/mol. The first kappa shape index (κ1) is 25.7. The van der Waals surface area contributed by atoms with Crippen LogP contribution in [-0.4, -0.2) is 5.97 Å². The summed E-state index contributed by atoms with van der Waals surface area (Å²) in [7, 11) is 0. The molecule has 0 amide bonds. The zero-order chi connectivity index (χ0) is 24.0. The number of hydrogen-bond donors (Lipinski definition) is 0. The average Bonchev–Trinajstić information content (AvgIpc) is 2.88. The Balaban J connectivity index is 1.46. The van der Waals surface area contributed by atoms with Crippen LogP contribution in [0.1, 0.15) is 89.7 Å². The van der Waals surface area contributed by atoms with E-state index in [4.69, 9.17) is 4.74 Å². The third-order valence-electron chi connectivity index (χ3n) is 6.50. The van der Waals surface area contributed by atoms with Crippen molar-refractivity contribution >= 4 is 5.97 Å². The highest BCUT2D eigenvalue weighted by atomic mass is 16.5. The van der Waals surface area contributed by atoms with Crippen LogP contribution < -0.4 is 0 Å². The molecule has 0 bridgehead atoms. The summed E-state index contributed by atoms with van der Waals surface area (Å²) in [4.78, 5) is 12.3. The predicted molar refractivity (Wildman–Crippen MR) is 144 cm³/mol. The highest BCUT2D eigenvalue weighted by Gasteiger charge is 2.13. The molecule has 0 radical (unpaired) electrons. The third kappa shape index (κ3) is 8.17. The van der Waals surface area contributed by atoms with E-state index in [0.717, 1.165) is 24.0 Å². The molecule has 0 saturated carbocycles. The van der Waals surface area contributed by atoms with Gasteiger partial charge in [-0.25, -0.2) is 0 Å². The van der Waals surface area contributed by atoms with Crippen LogP contribution in [0.2, 0.25) is 0 Å². The molecule has 3 aromatic rings. The van der Waals surface area contributed by atoms with Crippen LogP contribution in [0.5, 0.6) is 0 Å². The quantitative estimate of drug-likeness (QED) is 0.178. The van der Waals surface area contributed by atoms with Crippen LogP contribution in [0.15, 0.2) is 78.9 Å². The van der Waals surface area contributed by atoms with Gasteiger partial charge in [-0.15, -0.1) is 0 Å². The molecule has 2 heteroatoms. The van der Waals surface area contributed by atoms with Crippen molar-refractivity contribution in [1.82, 2.24) is 0 Å². The molecule has 0 aliphatic heterocycles. The summed E-state index contributed by atoms with van der Waals surface area (Å²) < 4.78 is 5.71. The fraction of sp³-hybridized carbons (Fsp3) is 0.406. The van der Waals surface area contributed by atoms with E-state index in [1.165, 1.54) is 61.6 Å². The molecule has 1 atom stereocenters. The molecule has 0 heterocycles. The summed E-state index contributed by atoms with van der Waals surface area (Å²) in [5, 5.41) is 0. The van der Waals surface area contributed by atoms with Gasteiger partial charge in [-0.3, -0.25) is 4.79 Å². The van der Waals surface area contributed by atoms with Crippen molar-refractivity contribution < 1.29 is 9.53 Å². The minimum atomic E-state index is -0.232. The minimum absolute atomic E-state index is 0.0889. The van der Waals surface area contributed by atoms with E-state index in [1.807, 2.05) is 13.0 Å². The van der Waals surface area contributed by atoms with Crippen molar-refractivity contribution in [2.24, 2.45) is 0 Å². The molecular formula is C32H40O2. The van der Waals surface area contributed by atoms with Gasteiger partial charge in [0.05, 0.1) is 0 Å². The van der Waals surface area contributed by atoms with Gasteiger partial charge >= 0.3 is 5.97 Å². The molecule has 0 N–H and O–H groups in total. The van der Waals surface area contributed by atoms with Crippen molar-refractivity contribution in [1.29, 1.82) is 0 Å². The maximum absolute atomic E-state index is 12.3. The number of esters is 1. The highest BCUT2D eigenvalue weighted by Crippen LogP contribution is 2.32. The van der Waals surface area contributed by atoms with Crippen molar-refractivity contribution in [2.45, 2.75) is 84.2 Å². The summed E-state index contributed by atoms with van der Waals surface area (Å²) >= 11 is 0. The molecule has 34 heavy (non-hydrogen) atoms. The summed E-state index contributed by atoms with van der Waals surface area (Å²) in [5.41, 5.74) is 5.82. The van der Waals surface area contributed by atoms with Crippen LogP contribution in [-0.2, 0) is 9.53 Å². The third-order valence-corrected chi connectivity index (χ3v) is 6.50. The van der Waals surface area contributed by atoms with Gasteiger partial charge in [0.2, 0.25) is 0 Å². The lowest BCUT2D eigenvalue weighted by Gasteiger charge is -2.15. The van der Waals surface area contributed by atoms with E-state index < -0.39 is 0 Å². The molecule has 0 spiro atoms. The summed E-state index contributed by atoms with van der Waals surface area (Å²) in [5.74, 6) is -0.0889. The summed E-state index contributed by atoms with van der Waals surface area (Å²) in [6.45, 7) is 4.21. The van der Waals surface area contributed by atoms with Gasteiger partial charge in [-0.2, -0.15) is 0 Å². The first-order valence-corrected chi connectivity index (χ1v) is 13.1. The normalized spacial score (nSPS) is 11.8. The average molecular weight is 457 g/mol. The fourth-order valence-electron chi connectivity index (χ4n) is 4.44. The molecule has 0 aromatic heterocycles. The summed E-state index contributed by atoms with van der Waals surface area (Å²) in [6, 6.07) is 27.3. The van der Waals surface area contributed by atoms with Crippen molar-refractivity contribution in [3.8, 4) is 22.3 Å². The fourth-order valence-corrected chi connectivity index (χ4v) is 4.44. The topological polar surface area (TPSA) is 26.3 Å². The van der Waals surface area contributed by atoms with Gasteiger partial charge in [0, 0.05) is 6.42 Å². The van der Waals surface area contributed by atoms with Crippen molar-refractivity contribution in [3.05, 3.63) is 84.4 Å². The van der Waals surface area contributed by atoms with Crippen LogP contribution in [0.25, 0.3) is 22.3 Å². The Bertz CT molecular complexity index is 975.